The molecule has 0 spiro atoms. The number of hydrogen-bond donors (Lipinski definition) is 3. The average molecular weight is 1690 g/mol. The van der Waals surface area contributed by atoms with Crippen LogP contribution in [-0.4, -0.2) is 184 Å². The summed E-state index contributed by atoms with van der Waals surface area (Å²) in [7, 11) is 4.15. The molecule has 9 aromatic heterocycles. The second kappa shape index (κ2) is 36.8. The minimum Gasteiger partial charge on any atom is -0.346 e. The molecular formula is C96H104N24O6. The van der Waals surface area contributed by atoms with Gasteiger partial charge in [0.1, 0.15) is 16.2 Å². The van der Waals surface area contributed by atoms with Crippen molar-refractivity contribution in [2.75, 3.05) is 110 Å². The lowest BCUT2D eigenvalue weighted by Gasteiger charge is -2.30. The van der Waals surface area contributed by atoms with Crippen LogP contribution in [0, 0.1) is 0 Å². The highest BCUT2D eigenvalue weighted by Gasteiger charge is 2.26. The zero-order valence-electron chi connectivity index (χ0n) is 71.8. The Morgan fingerprint density at radius 3 is 1.00 bits per heavy atom. The number of anilines is 9. The van der Waals surface area contributed by atoms with Crippen LogP contribution >= 0.6 is 0 Å². The van der Waals surface area contributed by atoms with Gasteiger partial charge in [-0.25, -0.2) is 43.0 Å². The number of nitrogens with zero attached hydrogens (tertiary/aromatic N) is 21. The minimum atomic E-state index is -0.164. The molecule has 6 aromatic carbocycles. The molecule has 0 unspecified atom stereocenters. The van der Waals surface area contributed by atoms with E-state index in [1.807, 2.05) is 123 Å². The first-order chi connectivity index (χ1) is 61.5. The molecule has 0 radical (unpaired) electrons. The normalized spacial score (nSPS) is 15.1. The van der Waals surface area contributed by atoms with Crippen molar-refractivity contribution in [3.05, 3.63) is 250 Å². The molecular weight excluding hydrogens is 1590 g/mol. The number of fused-ring (bicyclic) bond motifs is 21. The highest BCUT2D eigenvalue weighted by atomic mass is 16.2. The van der Waals surface area contributed by atoms with Gasteiger partial charge in [0.25, 0.3) is 16.7 Å². The third kappa shape index (κ3) is 17.6. The summed E-state index contributed by atoms with van der Waals surface area (Å²) in [6, 6.07) is 48.3. The van der Waals surface area contributed by atoms with Gasteiger partial charge in [-0.2, -0.15) is 15.0 Å². The number of allylic oxidation sites excluding steroid dienone is 6. The molecule has 30 heteroatoms. The summed E-state index contributed by atoms with van der Waals surface area (Å²) in [6.45, 7) is 18.6. The number of amides is 3. The van der Waals surface area contributed by atoms with Gasteiger partial charge in [0.15, 0.2) is 16.9 Å². The van der Waals surface area contributed by atoms with E-state index in [0.717, 1.165) is 145 Å². The maximum atomic E-state index is 13.6. The second-order valence-corrected chi connectivity index (χ2v) is 33.1. The van der Waals surface area contributed by atoms with Gasteiger partial charge in [0.05, 0.1) is 36.7 Å². The number of carbonyl (C=O) groups excluding carboxylic acids is 3. The van der Waals surface area contributed by atoms with E-state index in [9.17, 15) is 28.8 Å². The number of benzene rings is 6. The molecule has 5 aliphatic rings. The molecule has 5 aliphatic heterocycles. The van der Waals surface area contributed by atoms with E-state index in [1.54, 1.807) is 68.1 Å². The zero-order chi connectivity index (χ0) is 86.5. The van der Waals surface area contributed by atoms with Crippen LogP contribution in [-0.2, 0) is 53.7 Å². The molecule has 15 aromatic rings. The Balaban J connectivity index is 0.000000128. The number of carbonyl (C=O) groups is 3. The summed E-state index contributed by atoms with van der Waals surface area (Å²) in [5.41, 5.74) is 11.9. The maximum Gasteiger partial charge on any atom is 0.278 e. The predicted molar refractivity (Wildman–Crippen MR) is 500 cm³/mol. The summed E-state index contributed by atoms with van der Waals surface area (Å²) in [6.07, 6.45) is 32.3. The van der Waals surface area contributed by atoms with E-state index in [2.05, 4.69) is 165 Å². The van der Waals surface area contributed by atoms with Crippen LogP contribution in [0.4, 0.5) is 52.0 Å². The molecule has 6 bridgehead atoms. The van der Waals surface area contributed by atoms with Crippen LogP contribution in [0.15, 0.2) is 234 Å². The number of nitrogens with one attached hydrogen (secondary N) is 3. The molecule has 0 atom stereocenters. The molecule has 14 heterocycles. The molecule has 0 saturated carbocycles. The molecule has 3 amide bonds. The van der Waals surface area contributed by atoms with Gasteiger partial charge in [-0.3, -0.25) is 28.8 Å². The van der Waals surface area contributed by atoms with E-state index < -0.39 is 0 Å². The first-order valence-electron chi connectivity index (χ1n) is 43.7. The quantitative estimate of drug-likeness (QED) is 0.0804. The standard InChI is InChI=1S/C33H36N8O2.C32H34N8O2.C31H34N8O2/c1-24(42)39-16-4-2-3-5-17-40-32(43)29-23-34-33(36-31(29)41(40)28-10-8-9-27(39)22-28)35-26-11-12-30-25(21-26)13-18-38(30)20-19-37-14-6-7-15-37;1-23(41)38-15-4-2-3-5-16-39-31(42)28-22-33-32(35-30(28)40(39)27-9-6-8-26(38)21-27)34-25-10-11-29-24(20-25)12-17-37(29)19-18-36-13-7-14-36;1-22(40)37-14-6-4-5-7-15-38-30(41)27-21-32-31(34-29(27)39(38)26-10-8-9-25(37)20-26)33-24-11-12-28-23(19-24)13-16-36(28)18-17-35(2)3/h3,5,8-13,18,21-23H,2,4,6-7,14-17,19-20H2,1H3,(H,34,35,36);3,5-6,8-12,17,20-22H,2,4,7,13-16,18-19H2,1H3,(H,33,34,35);5,7-13,16,19-21H,4,6,14-15,17-18H2,1-3H3,(H,32,33,34). The van der Waals surface area contributed by atoms with Gasteiger partial charge in [-0.05, 0) is 225 Å². The molecule has 2 fully saturated rings. The smallest absolute Gasteiger partial charge is 0.278 e. The van der Waals surface area contributed by atoms with Crippen molar-refractivity contribution in [1.82, 2.24) is 86.4 Å². The maximum absolute atomic E-state index is 13.6. The van der Waals surface area contributed by atoms with Gasteiger partial charge in [0, 0.05) is 184 Å². The Hall–Kier alpha value is -14.1. The molecule has 644 valence electrons. The first kappa shape index (κ1) is 82.8. The Morgan fingerprint density at radius 1 is 0.357 bits per heavy atom. The Morgan fingerprint density at radius 2 is 0.683 bits per heavy atom. The van der Waals surface area contributed by atoms with E-state index in [4.69, 9.17) is 15.0 Å². The number of rotatable bonds is 15. The van der Waals surface area contributed by atoms with Gasteiger partial charge in [-0.15, -0.1) is 0 Å². The topological polar surface area (TPSA) is 280 Å². The third-order valence-electron chi connectivity index (χ3n) is 24.2. The molecule has 3 N–H and O–H groups in total. The van der Waals surface area contributed by atoms with Crippen LogP contribution in [0.3, 0.4) is 0 Å². The fraction of sp³-hybridized carbons (Fsp3) is 0.312. The van der Waals surface area contributed by atoms with E-state index in [-0.39, 0.29) is 34.4 Å². The lowest BCUT2D eigenvalue weighted by molar-refractivity contribution is -0.117. The SMILES string of the molecule is CC(=O)N1CCCC=CCn2c(=O)c3cnc(Nc4ccc5c(ccn5CCN(C)C)c4)nc3n2-c2cccc1c2.CC(=O)N1CCCC=CCn2c(=O)c3cnc(Nc4ccc5c(ccn5CCN5CCC5)c4)nc3n2-c2cccc1c2.CC(=O)N1CCCC=CCn2c(=O)c3cnc(Nc4ccc5c(ccn5CCN5CCCC5)c4)nc3n2-c2cccc1c2. The number of likely N-dealkylation sites (tertiary alicyclic amines) is 2. The summed E-state index contributed by atoms with van der Waals surface area (Å²) in [4.78, 5) is 119. The van der Waals surface area contributed by atoms with Crippen LogP contribution < -0.4 is 47.3 Å². The van der Waals surface area contributed by atoms with Crippen molar-refractivity contribution < 1.29 is 14.4 Å². The predicted octanol–water partition coefficient (Wildman–Crippen LogP) is 14.3. The first-order valence-corrected chi connectivity index (χ1v) is 43.7. The molecule has 2 saturated heterocycles. The largest absolute Gasteiger partial charge is 0.346 e. The van der Waals surface area contributed by atoms with E-state index >= 15 is 0 Å². The molecule has 126 heavy (non-hydrogen) atoms. The molecule has 0 aliphatic carbocycles. The van der Waals surface area contributed by atoms with Crippen molar-refractivity contribution in [2.45, 2.75) is 118 Å². The Kier molecular flexibility index (Phi) is 24.2. The van der Waals surface area contributed by atoms with Crippen molar-refractivity contribution in [3.63, 3.8) is 0 Å². The minimum absolute atomic E-state index is 0.0133. The van der Waals surface area contributed by atoms with Crippen molar-refractivity contribution >= 4 is 135 Å². The van der Waals surface area contributed by atoms with Gasteiger partial charge >= 0.3 is 0 Å². The van der Waals surface area contributed by atoms with Crippen LogP contribution in [0.1, 0.15) is 78.6 Å². The fourth-order valence-electron chi connectivity index (χ4n) is 17.5. The second-order valence-electron chi connectivity index (χ2n) is 33.1. The summed E-state index contributed by atoms with van der Waals surface area (Å²) < 4.78 is 17.4. The summed E-state index contributed by atoms with van der Waals surface area (Å²) >= 11 is 0. The lowest BCUT2D eigenvalue weighted by Crippen LogP contribution is -2.39. The fourth-order valence-corrected chi connectivity index (χ4v) is 17.5. The zero-order valence-corrected chi connectivity index (χ0v) is 71.8. The highest BCUT2D eigenvalue weighted by molar-refractivity contribution is 5.95. The highest BCUT2D eigenvalue weighted by Crippen LogP contribution is 2.32. The number of likely N-dealkylation sites (N-methyl/N-ethyl adjacent to an activating group) is 1. The average Bonchev–Trinajstić information content (AvgIpc) is 1.61. The monoisotopic (exact) mass is 1690 g/mol. The van der Waals surface area contributed by atoms with Gasteiger partial charge in [0.2, 0.25) is 35.6 Å². The molecule has 30 nitrogen and oxygen atoms in total. The van der Waals surface area contributed by atoms with Crippen LogP contribution in [0.2, 0.25) is 0 Å². The summed E-state index contributed by atoms with van der Waals surface area (Å²) in [5.74, 6) is 1.16. The Labute approximate surface area is 727 Å². The van der Waals surface area contributed by atoms with Gasteiger partial charge < -0.3 is 59.1 Å². The van der Waals surface area contributed by atoms with Crippen molar-refractivity contribution in [1.29, 1.82) is 0 Å². The van der Waals surface area contributed by atoms with E-state index in [1.165, 1.54) is 62.0 Å². The summed E-state index contributed by atoms with van der Waals surface area (Å²) in [5, 5.41) is 14.8. The lowest BCUT2D eigenvalue weighted by atomic mass is 10.2. The van der Waals surface area contributed by atoms with Crippen LogP contribution in [0.25, 0.3) is 82.9 Å². The molecule has 20 rings (SSSR count). The third-order valence-corrected chi connectivity index (χ3v) is 24.2. The number of aromatic nitrogens is 15. The van der Waals surface area contributed by atoms with E-state index in [0.29, 0.717) is 90.2 Å². The number of hydrogen-bond acceptors (Lipinski definition) is 18. The Bertz CT molecular complexity index is 6890. The van der Waals surface area contributed by atoms with Gasteiger partial charge in [-0.1, -0.05) is 54.7 Å². The van der Waals surface area contributed by atoms with Crippen molar-refractivity contribution in [3.8, 4) is 17.1 Å². The van der Waals surface area contributed by atoms with Crippen LogP contribution in [0.5, 0.6) is 0 Å². The van der Waals surface area contributed by atoms with Crippen molar-refractivity contribution in [2.24, 2.45) is 0 Å².